The van der Waals surface area contributed by atoms with E-state index in [1.165, 1.54) is 0 Å². The minimum absolute atomic E-state index is 0.151. The lowest BCUT2D eigenvalue weighted by Crippen LogP contribution is -2.36. The molecule has 120 valence electrons. The molecule has 23 heavy (non-hydrogen) atoms. The van der Waals surface area contributed by atoms with Crippen LogP contribution in [0.25, 0.3) is 10.8 Å². The summed E-state index contributed by atoms with van der Waals surface area (Å²) in [5, 5.41) is 4.89. The van der Waals surface area contributed by atoms with E-state index in [9.17, 15) is 8.42 Å². The second-order valence-corrected chi connectivity index (χ2v) is 8.45. The highest BCUT2D eigenvalue weighted by Crippen LogP contribution is 2.35. The van der Waals surface area contributed by atoms with Crippen molar-refractivity contribution in [1.29, 1.82) is 0 Å². The van der Waals surface area contributed by atoms with Crippen molar-refractivity contribution in [3.63, 3.8) is 0 Å². The molecule has 0 spiro atoms. The molecule has 5 nitrogen and oxygen atoms in total. The molecule has 4 rings (SSSR count). The molecule has 2 aliphatic heterocycles. The smallest absolute Gasteiger partial charge is 0.264 e. The largest absolute Gasteiger partial charge is 0.308 e. The summed E-state index contributed by atoms with van der Waals surface area (Å²) in [4.78, 5) is 4.45. The standard InChI is InChI=1S/C16H16BrN3O2S/c17-12-10-18-9-11-3-1-5-15(16(11)12)23(21,22)20-8-6-13-14(20)4-2-7-19-13/h1,3-5,9-10,13,19H,2,6-8H2. The van der Waals surface area contributed by atoms with Crippen molar-refractivity contribution in [2.75, 3.05) is 13.1 Å². The number of nitrogens with one attached hydrogen (secondary N) is 1. The predicted octanol–water partition coefficient (Wildman–Crippen LogP) is 2.64. The van der Waals surface area contributed by atoms with Crippen LogP contribution in [0.5, 0.6) is 0 Å². The van der Waals surface area contributed by atoms with Crippen LogP contribution < -0.4 is 5.32 Å². The molecule has 1 aromatic heterocycles. The third-order valence-electron chi connectivity index (χ3n) is 4.42. The Morgan fingerprint density at radius 3 is 3.04 bits per heavy atom. The number of benzene rings is 1. The van der Waals surface area contributed by atoms with E-state index in [-0.39, 0.29) is 6.04 Å². The molecule has 3 heterocycles. The average Bonchev–Trinajstić information content (AvgIpc) is 2.99. The Morgan fingerprint density at radius 1 is 1.30 bits per heavy atom. The van der Waals surface area contributed by atoms with E-state index >= 15 is 0 Å². The molecule has 0 amide bonds. The lowest BCUT2D eigenvalue weighted by atomic mass is 10.1. The topological polar surface area (TPSA) is 62.3 Å². The van der Waals surface area contributed by atoms with Crippen molar-refractivity contribution in [2.45, 2.75) is 23.8 Å². The minimum atomic E-state index is -3.59. The van der Waals surface area contributed by atoms with Crippen LogP contribution in [0.15, 0.2) is 51.7 Å². The van der Waals surface area contributed by atoms with E-state index in [4.69, 9.17) is 0 Å². The van der Waals surface area contributed by atoms with Gasteiger partial charge < -0.3 is 5.32 Å². The second kappa shape index (κ2) is 5.58. The second-order valence-electron chi connectivity index (χ2n) is 5.77. The van der Waals surface area contributed by atoms with Crippen molar-refractivity contribution in [1.82, 2.24) is 14.6 Å². The first kappa shape index (κ1) is 15.1. The Kier molecular flexibility index (Phi) is 3.66. The van der Waals surface area contributed by atoms with Crippen LogP contribution >= 0.6 is 15.9 Å². The number of halogens is 1. The molecule has 2 aromatic rings. The molecule has 0 aliphatic carbocycles. The van der Waals surface area contributed by atoms with E-state index in [0.29, 0.717) is 21.3 Å². The fourth-order valence-electron chi connectivity index (χ4n) is 3.38. The van der Waals surface area contributed by atoms with Crippen molar-refractivity contribution in [2.24, 2.45) is 0 Å². The fourth-order valence-corrected chi connectivity index (χ4v) is 5.87. The van der Waals surface area contributed by atoms with Gasteiger partial charge in [0.05, 0.1) is 4.90 Å². The molecule has 0 radical (unpaired) electrons. The maximum Gasteiger partial charge on any atom is 0.264 e. The SMILES string of the molecule is O=S(=O)(c1cccc2cncc(Br)c12)N1CCC2NCCC=C21. The zero-order valence-corrected chi connectivity index (χ0v) is 14.8. The highest BCUT2D eigenvalue weighted by Gasteiger charge is 2.37. The summed E-state index contributed by atoms with van der Waals surface area (Å²) in [5.41, 5.74) is 0.887. The number of pyridine rings is 1. The molecule has 0 saturated carbocycles. The van der Waals surface area contributed by atoms with Crippen molar-refractivity contribution in [3.05, 3.63) is 46.8 Å². The number of sulfonamides is 1. The van der Waals surface area contributed by atoms with Gasteiger partial charge in [0, 0.05) is 45.9 Å². The Bertz CT molecular complexity index is 905. The normalized spacial score (nSPS) is 21.3. The highest BCUT2D eigenvalue weighted by molar-refractivity contribution is 9.10. The molecular formula is C16H16BrN3O2S. The predicted molar refractivity (Wildman–Crippen MR) is 92.4 cm³/mol. The van der Waals surface area contributed by atoms with Gasteiger partial charge in [-0.3, -0.25) is 9.29 Å². The zero-order chi connectivity index (χ0) is 16.0. The number of hydrogen-bond acceptors (Lipinski definition) is 4. The molecule has 1 unspecified atom stereocenters. The van der Waals surface area contributed by atoms with Crippen molar-refractivity contribution < 1.29 is 8.42 Å². The summed E-state index contributed by atoms with van der Waals surface area (Å²) >= 11 is 3.45. The summed E-state index contributed by atoms with van der Waals surface area (Å²) in [7, 11) is -3.59. The number of nitrogens with zero attached hydrogens (tertiary/aromatic N) is 2. The van der Waals surface area contributed by atoms with Gasteiger partial charge >= 0.3 is 0 Å². The molecule has 2 aliphatic rings. The van der Waals surface area contributed by atoms with Crippen LogP contribution in [-0.4, -0.2) is 36.8 Å². The first-order chi connectivity index (χ1) is 11.1. The molecular weight excluding hydrogens is 378 g/mol. The number of rotatable bonds is 2. The lowest BCUT2D eigenvalue weighted by molar-refractivity contribution is 0.500. The molecule has 7 heteroatoms. The average molecular weight is 394 g/mol. The minimum Gasteiger partial charge on any atom is -0.308 e. The summed E-state index contributed by atoms with van der Waals surface area (Å²) in [5.74, 6) is 0. The summed E-state index contributed by atoms with van der Waals surface area (Å²) in [6.07, 6.45) is 7.05. The van der Waals surface area contributed by atoms with Gasteiger partial charge in [-0.15, -0.1) is 0 Å². The highest BCUT2D eigenvalue weighted by atomic mass is 79.9. The number of hydrogen-bond donors (Lipinski definition) is 1. The van der Waals surface area contributed by atoms with E-state index in [2.05, 4.69) is 26.2 Å². The van der Waals surface area contributed by atoms with Gasteiger partial charge in [-0.05, 0) is 41.4 Å². The summed E-state index contributed by atoms with van der Waals surface area (Å²) in [6, 6.07) is 5.47. The van der Waals surface area contributed by atoms with E-state index in [1.54, 1.807) is 28.8 Å². The molecule has 1 N–H and O–H groups in total. The van der Waals surface area contributed by atoms with E-state index in [0.717, 1.165) is 30.5 Å². The van der Waals surface area contributed by atoms with Crippen LogP contribution in [0.4, 0.5) is 0 Å². The van der Waals surface area contributed by atoms with E-state index < -0.39 is 10.0 Å². The van der Waals surface area contributed by atoms with Gasteiger partial charge in [0.15, 0.2) is 0 Å². The first-order valence-corrected chi connectivity index (χ1v) is 9.81. The van der Waals surface area contributed by atoms with Crippen LogP contribution in [0.2, 0.25) is 0 Å². The van der Waals surface area contributed by atoms with Gasteiger partial charge in [-0.25, -0.2) is 8.42 Å². The monoisotopic (exact) mass is 393 g/mol. The van der Waals surface area contributed by atoms with Crippen molar-refractivity contribution in [3.8, 4) is 0 Å². The Labute approximate surface area is 143 Å². The zero-order valence-electron chi connectivity index (χ0n) is 12.4. The maximum absolute atomic E-state index is 13.3. The van der Waals surface area contributed by atoms with Crippen LogP contribution in [0, 0.1) is 0 Å². The van der Waals surface area contributed by atoms with Crippen LogP contribution in [-0.2, 0) is 10.0 Å². The quantitative estimate of drug-likeness (QED) is 0.851. The van der Waals surface area contributed by atoms with E-state index in [1.807, 2.05) is 12.1 Å². The Balaban J connectivity index is 1.89. The third-order valence-corrected chi connectivity index (χ3v) is 6.89. The van der Waals surface area contributed by atoms with Crippen LogP contribution in [0.3, 0.4) is 0 Å². The van der Waals surface area contributed by atoms with Gasteiger partial charge in [-0.2, -0.15) is 0 Å². The first-order valence-electron chi connectivity index (χ1n) is 7.57. The lowest BCUT2D eigenvalue weighted by Gasteiger charge is -2.26. The Hall–Kier alpha value is -1.44. The molecule has 1 fully saturated rings. The van der Waals surface area contributed by atoms with Crippen LogP contribution in [0.1, 0.15) is 12.8 Å². The molecule has 1 atom stereocenters. The van der Waals surface area contributed by atoms with Crippen molar-refractivity contribution >= 4 is 36.7 Å². The molecule has 0 bridgehead atoms. The maximum atomic E-state index is 13.3. The number of aromatic nitrogens is 1. The van der Waals surface area contributed by atoms with Gasteiger partial charge in [0.2, 0.25) is 0 Å². The summed E-state index contributed by atoms with van der Waals surface area (Å²) < 4.78 is 28.8. The third kappa shape index (κ3) is 2.38. The fraction of sp³-hybridized carbons (Fsp3) is 0.312. The van der Waals surface area contributed by atoms with Gasteiger partial charge in [0.25, 0.3) is 10.0 Å². The molecule has 1 aromatic carbocycles. The Morgan fingerprint density at radius 2 is 2.17 bits per heavy atom. The van der Waals surface area contributed by atoms with Gasteiger partial charge in [-0.1, -0.05) is 18.2 Å². The number of fused-ring (bicyclic) bond motifs is 2. The molecule has 1 saturated heterocycles. The summed E-state index contributed by atoms with van der Waals surface area (Å²) in [6.45, 7) is 1.43. The van der Waals surface area contributed by atoms with Gasteiger partial charge in [0.1, 0.15) is 0 Å².